The lowest BCUT2D eigenvalue weighted by Gasteiger charge is -2.26. The van der Waals surface area contributed by atoms with Crippen molar-refractivity contribution in [3.63, 3.8) is 0 Å². The number of hydrogen-bond donors (Lipinski definition) is 2. The van der Waals surface area contributed by atoms with Gasteiger partial charge in [-0.3, -0.25) is 0 Å². The molecule has 0 unspecified atom stereocenters. The van der Waals surface area contributed by atoms with Gasteiger partial charge in [0.05, 0.1) is 5.69 Å². The summed E-state index contributed by atoms with van der Waals surface area (Å²) in [7, 11) is 0. The molecule has 1 heterocycles. The molecule has 0 aliphatic heterocycles. The van der Waals surface area contributed by atoms with E-state index in [1.807, 2.05) is 13.8 Å². The molecule has 84 valence electrons. The third-order valence-electron chi connectivity index (χ3n) is 1.93. The Morgan fingerprint density at radius 3 is 2.67 bits per heavy atom. The lowest BCUT2D eigenvalue weighted by molar-refractivity contribution is 0.261. The van der Waals surface area contributed by atoms with Crippen molar-refractivity contribution in [1.82, 2.24) is 10.2 Å². The monoisotopic (exact) mass is 249 g/mol. The first kappa shape index (κ1) is 12.5. The van der Waals surface area contributed by atoms with Crippen LogP contribution in [0, 0.1) is 0 Å². The summed E-state index contributed by atoms with van der Waals surface area (Å²) >= 11 is 11.5. The Morgan fingerprint density at radius 2 is 2.07 bits per heavy atom. The Kier molecular flexibility index (Phi) is 4.13. The minimum atomic E-state index is -0.273. The van der Waals surface area contributed by atoms with Crippen LogP contribution in [0.15, 0.2) is 6.07 Å². The SMILES string of the molecule is CC(C)(CCO)Nc1cc(Cl)nnc1Cl. The fourth-order valence-electron chi connectivity index (χ4n) is 1.15. The number of aliphatic hydroxyl groups excluding tert-OH is 1. The first-order valence-electron chi connectivity index (χ1n) is 4.52. The van der Waals surface area contributed by atoms with Gasteiger partial charge in [0.15, 0.2) is 10.3 Å². The highest BCUT2D eigenvalue weighted by Crippen LogP contribution is 2.25. The van der Waals surface area contributed by atoms with Gasteiger partial charge in [-0.1, -0.05) is 23.2 Å². The number of nitrogens with zero attached hydrogens (tertiary/aromatic N) is 2. The largest absolute Gasteiger partial charge is 0.396 e. The van der Waals surface area contributed by atoms with Crippen molar-refractivity contribution >= 4 is 28.9 Å². The van der Waals surface area contributed by atoms with Crippen LogP contribution in [-0.2, 0) is 0 Å². The second kappa shape index (κ2) is 4.96. The number of rotatable bonds is 4. The molecule has 0 saturated carbocycles. The zero-order valence-corrected chi connectivity index (χ0v) is 10.1. The highest BCUT2D eigenvalue weighted by Gasteiger charge is 2.18. The van der Waals surface area contributed by atoms with E-state index in [4.69, 9.17) is 28.3 Å². The molecular formula is C9H13Cl2N3O. The van der Waals surface area contributed by atoms with Crippen molar-refractivity contribution in [3.05, 3.63) is 16.4 Å². The average Bonchev–Trinajstić information content (AvgIpc) is 2.10. The van der Waals surface area contributed by atoms with Gasteiger partial charge >= 0.3 is 0 Å². The van der Waals surface area contributed by atoms with Crippen molar-refractivity contribution in [2.24, 2.45) is 0 Å². The fraction of sp³-hybridized carbons (Fsp3) is 0.556. The summed E-state index contributed by atoms with van der Waals surface area (Å²) in [5.41, 5.74) is 0.347. The molecule has 2 N–H and O–H groups in total. The summed E-state index contributed by atoms with van der Waals surface area (Å²) in [5, 5.41) is 19.9. The molecule has 0 saturated heterocycles. The molecule has 0 radical (unpaired) electrons. The maximum absolute atomic E-state index is 8.88. The van der Waals surface area contributed by atoms with Crippen LogP contribution in [0.5, 0.6) is 0 Å². The maximum atomic E-state index is 8.88. The van der Waals surface area contributed by atoms with Crippen LogP contribution in [0.3, 0.4) is 0 Å². The van der Waals surface area contributed by atoms with Crippen LogP contribution in [0.1, 0.15) is 20.3 Å². The Morgan fingerprint density at radius 1 is 1.40 bits per heavy atom. The lowest BCUT2D eigenvalue weighted by atomic mass is 10.0. The number of aliphatic hydroxyl groups is 1. The zero-order chi connectivity index (χ0) is 11.5. The van der Waals surface area contributed by atoms with Crippen LogP contribution >= 0.6 is 23.2 Å². The van der Waals surface area contributed by atoms with Gasteiger partial charge in [0.25, 0.3) is 0 Å². The van der Waals surface area contributed by atoms with Crippen LogP contribution in [0.2, 0.25) is 10.3 Å². The Bertz CT molecular complexity index is 344. The second-order valence-electron chi connectivity index (χ2n) is 3.85. The number of hydrogen-bond acceptors (Lipinski definition) is 4. The minimum absolute atomic E-state index is 0.101. The van der Waals surface area contributed by atoms with E-state index in [1.165, 1.54) is 0 Å². The normalized spacial score (nSPS) is 11.5. The van der Waals surface area contributed by atoms with Crippen molar-refractivity contribution in [1.29, 1.82) is 0 Å². The van der Waals surface area contributed by atoms with Gasteiger partial charge in [-0.05, 0) is 20.3 Å². The first-order chi connectivity index (χ1) is 6.94. The highest BCUT2D eigenvalue weighted by molar-refractivity contribution is 6.33. The van der Waals surface area contributed by atoms with Crippen molar-refractivity contribution in [2.75, 3.05) is 11.9 Å². The molecule has 0 aliphatic carbocycles. The molecule has 1 aromatic rings. The average molecular weight is 250 g/mol. The van der Waals surface area contributed by atoms with Crippen molar-refractivity contribution < 1.29 is 5.11 Å². The maximum Gasteiger partial charge on any atom is 0.174 e. The van der Waals surface area contributed by atoms with E-state index >= 15 is 0 Å². The number of nitrogens with one attached hydrogen (secondary N) is 1. The third kappa shape index (κ3) is 3.81. The lowest BCUT2D eigenvalue weighted by Crippen LogP contribution is -2.32. The molecule has 0 atom stereocenters. The van der Waals surface area contributed by atoms with Crippen molar-refractivity contribution in [3.8, 4) is 0 Å². The summed E-state index contributed by atoms with van der Waals surface area (Å²) in [6, 6.07) is 1.61. The molecule has 0 fully saturated rings. The van der Waals surface area contributed by atoms with Gasteiger partial charge in [-0.25, -0.2) is 0 Å². The highest BCUT2D eigenvalue weighted by atomic mass is 35.5. The number of anilines is 1. The fourth-order valence-corrected chi connectivity index (χ4v) is 1.43. The van der Waals surface area contributed by atoms with E-state index < -0.39 is 0 Å². The smallest absolute Gasteiger partial charge is 0.174 e. The second-order valence-corrected chi connectivity index (χ2v) is 4.60. The molecule has 0 aliphatic rings. The van der Waals surface area contributed by atoms with E-state index in [-0.39, 0.29) is 22.5 Å². The van der Waals surface area contributed by atoms with E-state index in [2.05, 4.69) is 15.5 Å². The van der Waals surface area contributed by atoms with E-state index in [0.717, 1.165) is 0 Å². The molecule has 0 bridgehead atoms. The Hall–Kier alpha value is -0.580. The van der Waals surface area contributed by atoms with Crippen molar-refractivity contribution in [2.45, 2.75) is 25.8 Å². The van der Waals surface area contributed by atoms with Gasteiger partial charge in [-0.2, -0.15) is 0 Å². The molecule has 6 heteroatoms. The molecule has 1 rings (SSSR count). The van der Waals surface area contributed by atoms with E-state index in [1.54, 1.807) is 6.07 Å². The molecule has 15 heavy (non-hydrogen) atoms. The number of halogens is 2. The first-order valence-corrected chi connectivity index (χ1v) is 5.28. The molecule has 4 nitrogen and oxygen atoms in total. The summed E-state index contributed by atoms with van der Waals surface area (Å²) in [6.45, 7) is 4.01. The van der Waals surface area contributed by atoms with Gasteiger partial charge in [0.2, 0.25) is 0 Å². The summed E-state index contributed by atoms with van der Waals surface area (Å²) in [6.07, 6.45) is 0.600. The third-order valence-corrected chi connectivity index (χ3v) is 2.39. The quantitative estimate of drug-likeness (QED) is 0.861. The summed E-state index contributed by atoms with van der Waals surface area (Å²) < 4.78 is 0. The van der Waals surface area contributed by atoms with Gasteiger partial charge in [0, 0.05) is 18.2 Å². The Balaban J connectivity index is 2.83. The molecule has 1 aromatic heterocycles. The molecule has 0 amide bonds. The predicted octanol–water partition coefficient (Wildman–Crippen LogP) is 2.36. The Labute approximate surface area is 98.6 Å². The molecule has 0 spiro atoms. The van der Waals surface area contributed by atoms with Gasteiger partial charge < -0.3 is 10.4 Å². The van der Waals surface area contributed by atoms with Gasteiger partial charge in [0.1, 0.15) is 0 Å². The predicted molar refractivity (Wildman–Crippen MR) is 61.5 cm³/mol. The molecular weight excluding hydrogens is 237 g/mol. The zero-order valence-electron chi connectivity index (χ0n) is 8.59. The van der Waals surface area contributed by atoms with E-state index in [0.29, 0.717) is 12.1 Å². The molecule has 0 aromatic carbocycles. The van der Waals surface area contributed by atoms with Crippen LogP contribution in [0.4, 0.5) is 5.69 Å². The topological polar surface area (TPSA) is 58.0 Å². The number of aromatic nitrogens is 2. The standard InChI is InChI=1S/C9H13Cl2N3O/c1-9(2,3-4-15)12-6-5-7(10)13-14-8(6)11/h5,15H,3-4H2,1-2H3,(H,12,13). The minimum Gasteiger partial charge on any atom is -0.396 e. The van der Waals surface area contributed by atoms with Gasteiger partial charge in [-0.15, -0.1) is 10.2 Å². The van der Waals surface area contributed by atoms with E-state index in [9.17, 15) is 0 Å². The van der Waals surface area contributed by atoms with Crippen LogP contribution in [-0.4, -0.2) is 27.4 Å². The summed E-state index contributed by atoms with van der Waals surface area (Å²) in [5.74, 6) is 0. The van der Waals surface area contributed by atoms with Crippen LogP contribution < -0.4 is 5.32 Å². The van der Waals surface area contributed by atoms with Crippen LogP contribution in [0.25, 0.3) is 0 Å². The summed E-state index contributed by atoms with van der Waals surface area (Å²) in [4.78, 5) is 0.